The van der Waals surface area contributed by atoms with Crippen LogP contribution in [0.3, 0.4) is 0 Å². The van der Waals surface area contributed by atoms with E-state index in [2.05, 4.69) is 34.0 Å². The summed E-state index contributed by atoms with van der Waals surface area (Å²) >= 11 is 2.30. The molecule has 0 aliphatic rings. The van der Waals surface area contributed by atoms with E-state index < -0.39 is 0 Å². The highest BCUT2D eigenvalue weighted by molar-refractivity contribution is 14.1. The van der Waals surface area contributed by atoms with Crippen LogP contribution >= 0.6 is 22.6 Å². The molecule has 0 radical (unpaired) electrons. The molecule has 0 saturated heterocycles. The molecule has 15 heavy (non-hydrogen) atoms. The minimum absolute atomic E-state index is 0.264. The van der Waals surface area contributed by atoms with E-state index in [-0.39, 0.29) is 6.61 Å². The van der Waals surface area contributed by atoms with E-state index in [1.54, 1.807) is 7.11 Å². The Kier molecular flexibility index (Phi) is 5.97. The number of hydrogen-bond acceptors (Lipinski definition) is 2. The van der Waals surface area contributed by atoms with Crippen LogP contribution < -0.4 is 10.1 Å². The largest absolute Gasteiger partial charge is 0.496 e. The van der Waals surface area contributed by atoms with Crippen LogP contribution in [0.4, 0.5) is 0 Å². The van der Waals surface area contributed by atoms with Gasteiger partial charge in [0, 0.05) is 22.2 Å². The van der Waals surface area contributed by atoms with Gasteiger partial charge in [-0.15, -0.1) is 0 Å². The number of rotatable bonds is 6. The van der Waals surface area contributed by atoms with Gasteiger partial charge < -0.3 is 15.2 Å². The quantitative estimate of drug-likeness (QED) is 0.600. The van der Waals surface area contributed by atoms with Crippen LogP contribution in [-0.2, 0) is 6.54 Å². The Morgan fingerprint density at radius 3 is 2.93 bits per heavy atom. The maximum absolute atomic E-state index is 8.66. The van der Waals surface area contributed by atoms with E-state index in [4.69, 9.17) is 9.84 Å². The number of quaternary nitrogens is 1. The summed E-state index contributed by atoms with van der Waals surface area (Å²) in [6.07, 6.45) is 0.840. The molecule has 1 rings (SSSR count). The lowest BCUT2D eigenvalue weighted by molar-refractivity contribution is -0.671. The van der Waals surface area contributed by atoms with Crippen molar-refractivity contribution in [3.05, 3.63) is 27.3 Å². The second-order valence-electron chi connectivity index (χ2n) is 3.31. The lowest BCUT2D eigenvalue weighted by atomic mass is 10.2. The molecule has 0 atom stereocenters. The van der Waals surface area contributed by atoms with Crippen molar-refractivity contribution in [3.63, 3.8) is 0 Å². The zero-order chi connectivity index (χ0) is 11.1. The molecule has 0 aliphatic heterocycles. The Bertz CT molecular complexity index is 305. The van der Waals surface area contributed by atoms with Gasteiger partial charge in [0.05, 0.1) is 13.7 Å². The minimum Gasteiger partial charge on any atom is -0.496 e. The van der Waals surface area contributed by atoms with E-state index in [1.165, 1.54) is 9.13 Å². The van der Waals surface area contributed by atoms with Gasteiger partial charge in [-0.3, -0.25) is 0 Å². The second-order valence-corrected chi connectivity index (χ2v) is 4.56. The van der Waals surface area contributed by atoms with Gasteiger partial charge in [0.1, 0.15) is 12.3 Å². The molecular weight excluding hydrogens is 305 g/mol. The maximum atomic E-state index is 8.66. The van der Waals surface area contributed by atoms with E-state index in [1.807, 2.05) is 12.1 Å². The number of hydrogen-bond donors (Lipinski definition) is 2. The van der Waals surface area contributed by atoms with Crippen molar-refractivity contribution in [1.29, 1.82) is 0 Å². The van der Waals surface area contributed by atoms with Crippen LogP contribution in [0, 0.1) is 3.57 Å². The average Bonchev–Trinajstić information content (AvgIpc) is 2.25. The molecule has 84 valence electrons. The molecule has 3 nitrogen and oxygen atoms in total. The number of benzene rings is 1. The maximum Gasteiger partial charge on any atom is 0.127 e. The molecule has 0 unspecified atom stereocenters. The first-order valence-electron chi connectivity index (χ1n) is 5.03. The lowest BCUT2D eigenvalue weighted by Gasteiger charge is -2.07. The predicted octanol–water partition coefficient (Wildman–Crippen LogP) is 0.746. The Hall–Kier alpha value is -0.330. The van der Waals surface area contributed by atoms with Crippen LogP contribution in [0.25, 0.3) is 0 Å². The fourth-order valence-corrected chi connectivity index (χ4v) is 1.96. The van der Waals surface area contributed by atoms with Crippen LogP contribution in [0.1, 0.15) is 12.0 Å². The molecule has 0 aliphatic carbocycles. The van der Waals surface area contributed by atoms with E-state index >= 15 is 0 Å². The highest BCUT2D eigenvalue weighted by Gasteiger charge is 2.04. The molecule has 3 N–H and O–H groups in total. The third-order valence-corrected chi connectivity index (χ3v) is 2.84. The van der Waals surface area contributed by atoms with Crippen molar-refractivity contribution in [2.45, 2.75) is 13.0 Å². The van der Waals surface area contributed by atoms with Gasteiger partial charge in [-0.05, 0) is 40.8 Å². The van der Waals surface area contributed by atoms with Crippen molar-refractivity contribution in [3.8, 4) is 5.75 Å². The predicted molar refractivity (Wildman–Crippen MR) is 67.9 cm³/mol. The molecular formula is C11H17INO2+. The molecule has 0 bridgehead atoms. The highest BCUT2D eigenvalue weighted by atomic mass is 127. The van der Waals surface area contributed by atoms with Crippen molar-refractivity contribution in [2.24, 2.45) is 0 Å². The molecule has 0 spiro atoms. The van der Waals surface area contributed by atoms with Gasteiger partial charge in [0.25, 0.3) is 0 Å². The van der Waals surface area contributed by atoms with Crippen LogP contribution in [0.15, 0.2) is 18.2 Å². The van der Waals surface area contributed by atoms with Crippen LogP contribution in [-0.4, -0.2) is 25.4 Å². The summed E-state index contributed by atoms with van der Waals surface area (Å²) < 4.78 is 6.51. The standard InChI is InChI=1S/C11H16INO2/c1-15-11-4-3-10(12)7-9(11)8-13-5-2-6-14/h3-4,7,13-14H,2,5-6,8H2,1H3/p+1. The SMILES string of the molecule is COc1ccc(I)cc1C[NH2+]CCCO. The van der Waals surface area contributed by atoms with E-state index in [0.717, 1.165) is 25.3 Å². The monoisotopic (exact) mass is 322 g/mol. The Balaban J connectivity index is 2.54. The molecule has 4 heteroatoms. The van der Waals surface area contributed by atoms with Gasteiger partial charge in [-0.25, -0.2) is 0 Å². The van der Waals surface area contributed by atoms with Gasteiger partial charge in [-0.1, -0.05) is 0 Å². The molecule has 1 aromatic carbocycles. The van der Waals surface area contributed by atoms with Gasteiger partial charge >= 0.3 is 0 Å². The molecule has 0 amide bonds. The first kappa shape index (κ1) is 12.7. The summed E-state index contributed by atoms with van der Waals surface area (Å²) in [5, 5.41) is 10.8. The summed E-state index contributed by atoms with van der Waals surface area (Å²) in [5.41, 5.74) is 1.21. The van der Waals surface area contributed by atoms with Crippen molar-refractivity contribution in [1.82, 2.24) is 0 Å². The fraction of sp³-hybridized carbons (Fsp3) is 0.455. The van der Waals surface area contributed by atoms with Gasteiger partial charge in [0.2, 0.25) is 0 Å². The Morgan fingerprint density at radius 2 is 2.27 bits per heavy atom. The zero-order valence-electron chi connectivity index (χ0n) is 8.87. The Morgan fingerprint density at radius 1 is 1.47 bits per heavy atom. The molecule has 1 aromatic rings. The summed E-state index contributed by atoms with van der Waals surface area (Å²) in [7, 11) is 1.69. The highest BCUT2D eigenvalue weighted by Crippen LogP contribution is 2.19. The molecule has 0 fully saturated rings. The normalized spacial score (nSPS) is 10.3. The second kappa shape index (κ2) is 7.03. The number of aliphatic hydroxyl groups is 1. The van der Waals surface area contributed by atoms with Crippen molar-refractivity contribution < 1.29 is 15.2 Å². The van der Waals surface area contributed by atoms with Gasteiger partial charge in [-0.2, -0.15) is 0 Å². The fourth-order valence-electron chi connectivity index (χ4n) is 1.40. The van der Waals surface area contributed by atoms with E-state index in [9.17, 15) is 0 Å². The average molecular weight is 322 g/mol. The number of ether oxygens (including phenoxy) is 1. The zero-order valence-corrected chi connectivity index (χ0v) is 11.0. The summed E-state index contributed by atoms with van der Waals surface area (Å²) in [4.78, 5) is 0. The van der Waals surface area contributed by atoms with Crippen molar-refractivity contribution in [2.75, 3.05) is 20.3 Å². The third-order valence-electron chi connectivity index (χ3n) is 2.17. The summed E-state index contributed by atoms with van der Waals surface area (Å²) in [6.45, 7) is 2.12. The smallest absolute Gasteiger partial charge is 0.127 e. The number of methoxy groups -OCH3 is 1. The summed E-state index contributed by atoms with van der Waals surface area (Å²) in [5.74, 6) is 0.940. The third kappa shape index (κ3) is 4.36. The van der Waals surface area contributed by atoms with E-state index in [0.29, 0.717) is 0 Å². The lowest BCUT2D eigenvalue weighted by Crippen LogP contribution is -2.82. The number of halogens is 1. The first-order chi connectivity index (χ1) is 7.27. The van der Waals surface area contributed by atoms with Crippen LogP contribution in [0.5, 0.6) is 5.75 Å². The Labute approximate surface area is 104 Å². The van der Waals surface area contributed by atoms with Crippen molar-refractivity contribution >= 4 is 22.6 Å². The molecule has 0 aromatic heterocycles. The minimum atomic E-state index is 0.264. The number of aliphatic hydroxyl groups excluding tert-OH is 1. The number of nitrogens with two attached hydrogens (primary N) is 1. The van der Waals surface area contributed by atoms with Gasteiger partial charge in [0.15, 0.2) is 0 Å². The molecule has 0 saturated carbocycles. The molecule has 0 heterocycles. The first-order valence-corrected chi connectivity index (χ1v) is 6.10. The topological polar surface area (TPSA) is 46.1 Å². The summed E-state index contributed by atoms with van der Waals surface area (Å²) in [6, 6.07) is 6.17. The van der Waals surface area contributed by atoms with Crippen LogP contribution in [0.2, 0.25) is 0 Å².